The van der Waals surface area contributed by atoms with E-state index in [4.69, 9.17) is 4.74 Å². The first-order valence-corrected chi connectivity index (χ1v) is 4.66. The van der Waals surface area contributed by atoms with Crippen molar-refractivity contribution < 1.29 is 19.2 Å². The van der Waals surface area contributed by atoms with E-state index in [1.54, 1.807) is 13.0 Å². The molecule has 1 rings (SSSR count). The van der Waals surface area contributed by atoms with Gasteiger partial charge in [-0.05, 0) is 12.5 Å². The number of rotatable bonds is 4. The van der Waals surface area contributed by atoms with Gasteiger partial charge in [0, 0.05) is 12.1 Å². The monoisotopic (exact) mass is 225 g/mol. The van der Waals surface area contributed by atoms with Gasteiger partial charge < -0.3 is 9.47 Å². The SMILES string of the molecule is CCOC(=O)OCc1cccc([N+](=O)[O-])c1. The van der Waals surface area contributed by atoms with Crippen LogP contribution in [0, 0.1) is 10.1 Å². The highest BCUT2D eigenvalue weighted by Crippen LogP contribution is 2.13. The Morgan fingerprint density at radius 2 is 2.19 bits per heavy atom. The molecule has 0 saturated heterocycles. The molecule has 0 aliphatic carbocycles. The van der Waals surface area contributed by atoms with Crippen molar-refractivity contribution in [3.63, 3.8) is 0 Å². The number of nitro benzene ring substituents is 1. The molecule has 86 valence electrons. The van der Waals surface area contributed by atoms with Crippen LogP contribution in [-0.4, -0.2) is 17.7 Å². The molecule has 0 spiro atoms. The molecule has 0 radical (unpaired) electrons. The second-order valence-corrected chi connectivity index (χ2v) is 2.90. The van der Waals surface area contributed by atoms with Gasteiger partial charge in [-0.3, -0.25) is 10.1 Å². The topological polar surface area (TPSA) is 78.7 Å². The Kier molecular flexibility index (Phi) is 4.26. The van der Waals surface area contributed by atoms with Crippen molar-refractivity contribution >= 4 is 11.8 Å². The van der Waals surface area contributed by atoms with E-state index in [0.717, 1.165) is 0 Å². The number of nitrogens with zero attached hydrogens (tertiary/aromatic N) is 1. The van der Waals surface area contributed by atoms with Crippen LogP contribution in [0.3, 0.4) is 0 Å². The highest BCUT2D eigenvalue weighted by atomic mass is 16.7. The Balaban J connectivity index is 2.57. The van der Waals surface area contributed by atoms with E-state index in [1.165, 1.54) is 18.2 Å². The Labute approximate surface area is 91.9 Å². The molecule has 6 nitrogen and oxygen atoms in total. The minimum absolute atomic E-state index is 0.0371. The third-order valence-electron chi connectivity index (χ3n) is 1.74. The van der Waals surface area contributed by atoms with E-state index < -0.39 is 11.1 Å². The number of ether oxygens (including phenoxy) is 2. The van der Waals surface area contributed by atoms with Gasteiger partial charge in [0.2, 0.25) is 0 Å². The van der Waals surface area contributed by atoms with Gasteiger partial charge in [-0.25, -0.2) is 4.79 Å². The summed E-state index contributed by atoms with van der Waals surface area (Å²) in [4.78, 5) is 20.8. The lowest BCUT2D eigenvalue weighted by atomic mass is 10.2. The van der Waals surface area contributed by atoms with Crippen molar-refractivity contribution in [3.8, 4) is 0 Å². The fraction of sp³-hybridized carbons (Fsp3) is 0.300. The summed E-state index contributed by atoms with van der Waals surface area (Å²) in [6, 6.07) is 5.88. The number of hydrogen-bond donors (Lipinski definition) is 0. The van der Waals surface area contributed by atoms with E-state index in [1.807, 2.05) is 0 Å². The quantitative estimate of drug-likeness (QED) is 0.446. The molecule has 1 aromatic rings. The molecule has 0 aliphatic heterocycles. The van der Waals surface area contributed by atoms with Crippen LogP contribution in [0.4, 0.5) is 10.5 Å². The second kappa shape index (κ2) is 5.69. The molecular weight excluding hydrogens is 214 g/mol. The molecule has 0 aromatic heterocycles. The maximum Gasteiger partial charge on any atom is 0.508 e. The zero-order chi connectivity index (χ0) is 12.0. The maximum absolute atomic E-state index is 10.9. The predicted octanol–water partition coefficient (Wildman–Crippen LogP) is 2.27. The zero-order valence-electron chi connectivity index (χ0n) is 8.71. The summed E-state index contributed by atoms with van der Waals surface area (Å²) in [5.74, 6) is 0. The molecule has 0 bridgehead atoms. The van der Waals surface area contributed by atoms with Crippen molar-refractivity contribution in [2.24, 2.45) is 0 Å². The van der Waals surface area contributed by atoms with Crippen molar-refractivity contribution in [2.75, 3.05) is 6.61 Å². The van der Waals surface area contributed by atoms with Crippen LogP contribution in [0.5, 0.6) is 0 Å². The number of carbonyl (C=O) groups excluding carboxylic acids is 1. The highest BCUT2D eigenvalue weighted by molar-refractivity contribution is 5.59. The van der Waals surface area contributed by atoms with Crippen molar-refractivity contribution in [1.82, 2.24) is 0 Å². The average molecular weight is 225 g/mol. The first-order chi connectivity index (χ1) is 7.63. The molecule has 0 aliphatic rings. The standard InChI is InChI=1S/C10H11NO5/c1-2-15-10(12)16-7-8-4-3-5-9(6-8)11(13)14/h3-6H,2,7H2,1H3. The van der Waals surface area contributed by atoms with E-state index in [-0.39, 0.29) is 18.9 Å². The van der Waals surface area contributed by atoms with Gasteiger partial charge in [0.05, 0.1) is 11.5 Å². The van der Waals surface area contributed by atoms with Crippen LogP contribution in [0.25, 0.3) is 0 Å². The van der Waals surface area contributed by atoms with Crippen molar-refractivity contribution in [2.45, 2.75) is 13.5 Å². The predicted molar refractivity (Wildman–Crippen MR) is 54.9 cm³/mol. The molecule has 0 N–H and O–H groups in total. The molecule has 1 aromatic carbocycles. The third-order valence-corrected chi connectivity index (χ3v) is 1.74. The van der Waals surface area contributed by atoms with Crippen LogP contribution in [-0.2, 0) is 16.1 Å². The molecule has 0 amide bonds. The fourth-order valence-corrected chi connectivity index (χ4v) is 1.06. The number of carbonyl (C=O) groups is 1. The number of benzene rings is 1. The largest absolute Gasteiger partial charge is 0.508 e. The lowest BCUT2D eigenvalue weighted by Crippen LogP contribution is -2.06. The summed E-state index contributed by atoms with van der Waals surface area (Å²) in [5.41, 5.74) is 0.507. The second-order valence-electron chi connectivity index (χ2n) is 2.90. The van der Waals surface area contributed by atoms with Crippen LogP contribution in [0.1, 0.15) is 12.5 Å². The summed E-state index contributed by atoms with van der Waals surface area (Å²) in [6.45, 7) is 1.85. The normalized spacial score (nSPS) is 9.56. The minimum atomic E-state index is -0.783. The Hall–Kier alpha value is -2.11. The smallest absolute Gasteiger partial charge is 0.435 e. The summed E-state index contributed by atoms with van der Waals surface area (Å²) < 4.78 is 9.27. The average Bonchev–Trinajstić information content (AvgIpc) is 2.27. The molecule has 0 heterocycles. The first-order valence-electron chi connectivity index (χ1n) is 4.66. The van der Waals surface area contributed by atoms with Crippen LogP contribution < -0.4 is 0 Å². The molecule has 0 unspecified atom stereocenters. The van der Waals surface area contributed by atoms with Crippen molar-refractivity contribution in [3.05, 3.63) is 39.9 Å². The van der Waals surface area contributed by atoms with Gasteiger partial charge >= 0.3 is 6.16 Å². The van der Waals surface area contributed by atoms with Gasteiger partial charge in [-0.1, -0.05) is 12.1 Å². The summed E-state index contributed by atoms with van der Waals surface area (Å²) in [7, 11) is 0. The number of nitro groups is 1. The van der Waals surface area contributed by atoms with E-state index >= 15 is 0 Å². The summed E-state index contributed by atoms with van der Waals surface area (Å²) in [6.07, 6.45) is -0.783. The first kappa shape index (κ1) is 12.0. The molecule has 0 saturated carbocycles. The zero-order valence-corrected chi connectivity index (χ0v) is 8.71. The maximum atomic E-state index is 10.9. The van der Waals surface area contributed by atoms with E-state index in [9.17, 15) is 14.9 Å². The van der Waals surface area contributed by atoms with E-state index in [2.05, 4.69) is 4.74 Å². The summed E-state index contributed by atoms with van der Waals surface area (Å²) in [5, 5.41) is 10.5. The minimum Gasteiger partial charge on any atom is -0.435 e. The Morgan fingerprint density at radius 3 is 2.81 bits per heavy atom. The van der Waals surface area contributed by atoms with E-state index in [0.29, 0.717) is 5.56 Å². The third kappa shape index (κ3) is 3.56. The van der Waals surface area contributed by atoms with Gasteiger partial charge in [-0.15, -0.1) is 0 Å². The molecule has 0 fully saturated rings. The number of hydrogen-bond acceptors (Lipinski definition) is 5. The molecule has 6 heteroatoms. The molecule has 16 heavy (non-hydrogen) atoms. The number of non-ortho nitro benzene ring substituents is 1. The van der Waals surface area contributed by atoms with Gasteiger partial charge in [0.1, 0.15) is 6.61 Å². The fourth-order valence-electron chi connectivity index (χ4n) is 1.06. The van der Waals surface area contributed by atoms with Crippen LogP contribution in [0.15, 0.2) is 24.3 Å². The van der Waals surface area contributed by atoms with Gasteiger partial charge in [0.15, 0.2) is 0 Å². The summed E-state index contributed by atoms with van der Waals surface area (Å²) >= 11 is 0. The lowest BCUT2D eigenvalue weighted by molar-refractivity contribution is -0.384. The van der Waals surface area contributed by atoms with Crippen molar-refractivity contribution in [1.29, 1.82) is 0 Å². The molecule has 0 atom stereocenters. The lowest BCUT2D eigenvalue weighted by Gasteiger charge is -2.04. The van der Waals surface area contributed by atoms with Crippen LogP contribution in [0.2, 0.25) is 0 Å². The molecular formula is C10H11NO5. The van der Waals surface area contributed by atoms with Gasteiger partial charge in [0.25, 0.3) is 5.69 Å². The van der Waals surface area contributed by atoms with Crippen LogP contribution >= 0.6 is 0 Å². The van der Waals surface area contributed by atoms with Gasteiger partial charge in [-0.2, -0.15) is 0 Å². The Morgan fingerprint density at radius 1 is 1.44 bits per heavy atom. The highest BCUT2D eigenvalue weighted by Gasteiger charge is 2.07. The Bertz CT molecular complexity index is 391.